The van der Waals surface area contributed by atoms with Crippen LogP contribution in [0.25, 0.3) is 11.4 Å². The van der Waals surface area contributed by atoms with Crippen molar-refractivity contribution in [2.45, 2.75) is 32.9 Å². The Morgan fingerprint density at radius 1 is 1.15 bits per heavy atom. The van der Waals surface area contributed by atoms with E-state index in [1.165, 1.54) is 5.56 Å². The molecular weight excluding hydrogens is 385 g/mol. The molecule has 27 heavy (non-hydrogen) atoms. The number of halogens is 2. The van der Waals surface area contributed by atoms with Crippen LogP contribution < -0.4 is 0 Å². The van der Waals surface area contributed by atoms with Gasteiger partial charge in [0.15, 0.2) is 0 Å². The van der Waals surface area contributed by atoms with Gasteiger partial charge in [0, 0.05) is 41.9 Å². The fraction of sp³-hybridized carbons (Fsp3) is 0.316. The van der Waals surface area contributed by atoms with Crippen LogP contribution in [-0.2, 0) is 25.9 Å². The second-order valence-corrected chi connectivity index (χ2v) is 7.84. The molecule has 0 spiro atoms. The van der Waals surface area contributed by atoms with Crippen molar-refractivity contribution in [1.29, 1.82) is 0 Å². The first-order valence-corrected chi connectivity index (χ1v) is 9.65. The molecule has 1 N–H and O–H groups in total. The standard InChI is InChI=1S/C19H17Cl2N5O/c1-10-12-4-7-26-18(17(12)23-22-10)13-9-25(6-5-16(13)24-26)19(27)11-2-3-14(20)15(21)8-11/h2-3,8H,4-7,9H2,1H3,(H,22,23). The summed E-state index contributed by atoms with van der Waals surface area (Å²) in [5.74, 6) is -0.0478. The molecule has 1 aromatic carbocycles. The lowest BCUT2D eigenvalue weighted by Crippen LogP contribution is -2.36. The Morgan fingerprint density at radius 2 is 2.00 bits per heavy atom. The molecule has 5 rings (SSSR count). The highest BCUT2D eigenvalue weighted by Gasteiger charge is 2.32. The molecule has 0 saturated carbocycles. The van der Waals surface area contributed by atoms with Gasteiger partial charge in [0.1, 0.15) is 5.69 Å². The molecule has 0 aliphatic carbocycles. The summed E-state index contributed by atoms with van der Waals surface area (Å²) in [7, 11) is 0. The fourth-order valence-corrected chi connectivity index (χ4v) is 4.31. The average Bonchev–Trinajstić information content (AvgIpc) is 3.23. The molecule has 0 atom stereocenters. The Morgan fingerprint density at radius 3 is 2.81 bits per heavy atom. The zero-order chi connectivity index (χ0) is 18.7. The van der Waals surface area contributed by atoms with Crippen LogP contribution in [0.15, 0.2) is 18.2 Å². The van der Waals surface area contributed by atoms with Crippen LogP contribution in [0.4, 0.5) is 0 Å². The number of nitrogens with one attached hydrogen (secondary N) is 1. The summed E-state index contributed by atoms with van der Waals surface area (Å²) in [4.78, 5) is 14.8. The van der Waals surface area contributed by atoms with Crippen LogP contribution >= 0.6 is 23.2 Å². The zero-order valence-electron chi connectivity index (χ0n) is 14.7. The van der Waals surface area contributed by atoms with Gasteiger partial charge in [-0.15, -0.1) is 0 Å². The minimum atomic E-state index is -0.0478. The second-order valence-electron chi connectivity index (χ2n) is 7.03. The van der Waals surface area contributed by atoms with Crippen molar-refractivity contribution in [1.82, 2.24) is 24.9 Å². The molecule has 0 fully saturated rings. The lowest BCUT2D eigenvalue weighted by atomic mass is 9.98. The third-order valence-corrected chi connectivity index (χ3v) is 6.17. The topological polar surface area (TPSA) is 66.8 Å². The molecule has 0 saturated heterocycles. The largest absolute Gasteiger partial charge is 0.334 e. The van der Waals surface area contributed by atoms with E-state index in [0.717, 1.165) is 47.7 Å². The number of carbonyl (C=O) groups excluding carboxylic acids is 1. The number of benzene rings is 1. The molecule has 0 unspecified atom stereocenters. The number of amides is 1. The Hall–Kier alpha value is -2.31. The van der Waals surface area contributed by atoms with E-state index in [9.17, 15) is 4.79 Å². The molecule has 4 heterocycles. The van der Waals surface area contributed by atoms with Crippen LogP contribution in [0.5, 0.6) is 0 Å². The Balaban J connectivity index is 1.51. The number of hydrogen-bond acceptors (Lipinski definition) is 3. The van der Waals surface area contributed by atoms with Gasteiger partial charge in [-0.3, -0.25) is 14.6 Å². The summed E-state index contributed by atoms with van der Waals surface area (Å²) in [6.07, 6.45) is 1.66. The van der Waals surface area contributed by atoms with Gasteiger partial charge >= 0.3 is 0 Å². The molecule has 8 heteroatoms. The minimum absolute atomic E-state index is 0.0478. The summed E-state index contributed by atoms with van der Waals surface area (Å²) in [5, 5.41) is 13.2. The van der Waals surface area contributed by atoms with Gasteiger partial charge in [-0.05, 0) is 31.5 Å². The van der Waals surface area contributed by atoms with E-state index < -0.39 is 0 Å². The van der Waals surface area contributed by atoms with Gasteiger partial charge in [0.05, 0.1) is 28.0 Å². The maximum absolute atomic E-state index is 13.0. The van der Waals surface area contributed by atoms with Crippen molar-refractivity contribution in [2.24, 2.45) is 0 Å². The van der Waals surface area contributed by atoms with Crippen molar-refractivity contribution < 1.29 is 4.79 Å². The van der Waals surface area contributed by atoms with Crippen LogP contribution in [0.2, 0.25) is 10.0 Å². The Labute approximate surface area is 166 Å². The van der Waals surface area contributed by atoms with Crippen molar-refractivity contribution >= 4 is 29.1 Å². The number of fused-ring (bicyclic) bond motifs is 5. The van der Waals surface area contributed by atoms with Gasteiger partial charge in [0.25, 0.3) is 5.91 Å². The third-order valence-electron chi connectivity index (χ3n) is 5.43. The van der Waals surface area contributed by atoms with E-state index in [0.29, 0.717) is 28.7 Å². The first kappa shape index (κ1) is 16.8. The average molecular weight is 402 g/mol. The Kier molecular flexibility index (Phi) is 3.81. The number of H-pyrrole nitrogens is 1. The van der Waals surface area contributed by atoms with Gasteiger partial charge in [0.2, 0.25) is 0 Å². The van der Waals surface area contributed by atoms with Crippen LogP contribution in [0, 0.1) is 6.92 Å². The van der Waals surface area contributed by atoms with Crippen LogP contribution in [0.3, 0.4) is 0 Å². The van der Waals surface area contributed by atoms with Gasteiger partial charge in [-0.2, -0.15) is 10.2 Å². The lowest BCUT2D eigenvalue weighted by Gasteiger charge is -2.27. The van der Waals surface area contributed by atoms with Crippen molar-refractivity contribution in [3.8, 4) is 11.4 Å². The summed E-state index contributed by atoms with van der Waals surface area (Å²) in [6, 6.07) is 5.01. The number of nitrogens with zero attached hydrogens (tertiary/aromatic N) is 4. The predicted octanol–water partition coefficient (Wildman–Crippen LogP) is 3.64. The summed E-state index contributed by atoms with van der Waals surface area (Å²) in [6.45, 7) is 4.05. The number of rotatable bonds is 1. The highest BCUT2D eigenvalue weighted by atomic mass is 35.5. The number of hydrogen-bond donors (Lipinski definition) is 1. The van der Waals surface area contributed by atoms with E-state index in [-0.39, 0.29) is 5.91 Å². The smallest absolute Gasteiger partial charge is 0.254 e. The van der Waals surface area contributed by atoms with Crippen LogP contribution in [0.1, 0.15) is 32.9 Å². The van der Waals surface area contributed by atoms with E-state index >= 15 is 0 Å². The molecule has 2 aliphatic heterocycles. The summed E-state index contributed by atoms with van der Waals surface area (Å²) in [5.41, 5.74) is 7.08. The molecule has 1 amide bonds. The van der Waals surface area contributed by atoms with E-state index in [1.54, 1.807) is 18.2 Å². The number of aromatic nitrogens is 4. The number of carbonyl (C=O) groups is 1. The maximum Gasteiger partial charge on any atom is 0.254 e. The SMILES string of the molecule is Cc1[nH]nc2c1CCn1nc3c(c1-2)CN(C(=O)c1ccc(Cl)c(Cl)c1)CC3. The maximum atomic E-state index is 13.0. The van der Waals surface area contributed by atoms with E-state index in [2.05, 4.69) is 10.2 Å². The molecule has 0 radical (unpaired) electrons. The fourth-order valence-electron chi connectivity index (χ4n) is 4.01. The number of aromatic amines is 1. The highest BCUT2D eigenvalue weighted by Crippen LogP contribution is 2.36. The first-order chi connectivity index (χ1) is 13.0. The monoisotopic (exact) mass is 401 g/mol. The minimum Gasteiger partial charge on any atom is -0.334 e. The normalized spacial score (nSPS) is 15.3. The molecule has 6 nitrogen and oxygen atoms in total. The summed E-state index contributed by atoms with van der Waals surface area (Å²) >= 11 is 12.1. The molecular formula is C19H17Cl2N5O. The van der Waals surface area contributed by atoms with Gasteiger partial charge < -0.3 is 4.90 Å². The second kappa shape index (κ2) is 6.11. The Bertz CT molecular complexity index is 1080. The van der Waals surface area contributed by atoms with Gasteiger partial charge in [-0.25, -0.2) is 0 Å². The lowest BCUT2D eigenvalue weighted by molar-refractivity contribution is 0.0734. The van der Waals surface area contributed by atoms with Gasteiger partial charge in [-0.1, -0.05) is 23.2 Å². The van der Waals surface area contributed by atoms with Crippen molar-refractivity contribution in [2.75, 3.05) is 6.54 Å². The van der Waals surface area contributed by atoms with E-state index in [4.69, 9.17) is 28.3 Å². The molecule has 2 aromatic heterocycles. The molecule has 138 valence electrons. The quantitative estimate of drug-likeness (QED) is 0.676. The van der Waals surface area contributed by atoms with Crippen LogP contribution in [-0.4, -0.2) is 37.3 Å². The zero-order valence-corrected chi connectivity index (χ0v) is 16.2. The number of aryl methyl sites for hydroxylation is 2. The van der Waals surface area contributed by atoms with E-state index in [1.807, 2.05) is 16.5 Å². The molecule has 3 aromatic rings. The first-order valence-electron chi connectivity index (χ1n) is 8.90. The highest BCUT2D eigenvalue weighted by molar-refractivity contribution is 6.42. The van der Waals surface area contributed by atoms with Crippen molar-refractivity contribution in [3.63, 3.8) is 0 Å². The molecule has 0 bridgehead atoms. The molecule has 2 aliphatic rings. The predicted molar refractivity (Wildman–Crippen MR) is 103 cm³/mol. The third kappa shape index (κ3) is 2.58. The van der Waals surface area contributed by atoms with Crippen molar-refractivity contribution in [3.05, 3.63) is 56.3 Å². The summed E-state index contributed by atoms with van der Waals surface area (Å²) < 4.78 is 2.04.